The quantitative estimate of drug-likeness (QED) is 0.815. The fourth-order valence-corrected chi connectivity index (χ4v) is 3.34. The van der Waals surface area contributed by atoms with Crippen LogP contribution in [0.15, 0.2) is 30.7 Å². The van der Waals surface area contributed by atoms with Gasteiger partial charge in [0.1, 0.15) is 5.75 Å². The van der Waals surface area contributed by atoms with Crippen molar-refractivity contribution in [2.45, 2.75) is 25.1 Å². The largest absolute Gasteiger partial charge is 0.496 e. The van der Waals surface area contributed by atoms with Crippen LogP contribution in [0.3, 0.4) is 0 Å². The molecule has 1 aliphatic rings. The highest BCUT2D eigenvalue weighted by Crippen LogP contribution is 2.36. The van der Waals surface area contributed by atoms with Crippen LogP contribution in [0.25, 0.3) is 0 Å². The molecule has 9 heteroatoms. The molecule has 0 aliphatic carbocycles. The van der Waals surface area contributed by atoms with E-state index in [2.05, 4.69) is 9.97 Å². The first kappa shape index (κ1) is 19.3. The van der Waals surface area contributed by atoms with E-state index in [9.17, 15) is 22.7 Å². The summed E-state index contributed by atoms with van der Waals surface area (Å²) < 4.78 is 56.9. The van der Waals surface area contributed by atoms with E-state index in [0.29, 0.717) is 42.9 Å². The number of halogens is 4. The number of methoxy groups -OCH3 is 1. The average molecular weight is 385 g/mol. The fourth-order valence-electron chi connectivity index (χ4n) is 3.34. The number of alkyl halides is 3. The molecule has 2 aromatic rings. The lowest BCUT2D eigenvalue weighted by molar-refractivity contribution is -0.143. The van der Waals surface area contributed by atoms with Gasteiger partial charge in [0.2, 0.25) is 0 Å². The Morgan fingerprint density at radius 3 is 2.56 bits per heavy atom. The van der Waals surface area contributed by atoms with Crippen molar-refractivity contribution in [1.29, 1.82) is 0 Å². The monoisotopic (exact) mass is 385 g/mol. The van der Waals surface area contributed by atoms with Gasteiger partial charge >= 0.3 is 6.18 Å². The number of aliphatic hydroxyl groups is 1. The minimum atomic E-state index is -4.82. The number of rotatable bonds is 4. The Labute approximate surface area is 153 Å². The first-order chi connectivity index (χ1) is 12.8. The van der Waals surface area contributed by atoms with Gasteiger partial charge in [-0.05, 0) is 24.8 Å². The second-order valence-electron chi connectivity index (χ2n) is 6.41. The van der Waals surface area contributed by atoms with Crippen LogP contribution < -0.4 is 9.64 Å². The van der Waals surface area contributed by atoms with Crippen LogP contribution in [0.2, 0.25) is 0 Å². The predicted molar refractivity (Wildman–Crippen MR) is 89.9 cm³/mol. The number of hydrogen-bond donors (Lipinski definition) is 1. The molecule has 0 amide bonds. The van der Waals surface area contributed by atoms with Crippen LogP contribution in [0.5, 0.6) is 5.75 Å². The molecule has 0 spiro atoms. The van der Waals surface area contributed by atoms with Crippen molar-refractivity contribution in [3.05, 3.63) is 47.8 Å². The molecule has 0 radical (unpaired) electrons. The Balaban J connectivity index is 1.68. The average Bonchev–Trinajstić information content (AvgIpc) is 2.66. The molecule has 1 saturated heterocycles. The number of pyridine rings is 2. The number of piperidine rings is 1. The van der Waals surface area contributed by atoms with E-state index < -0.39 is 23.8 Å². The zero-order valence-corrected chi connectivity index (χ0v) is 14.6. The summed E-state index contributed by atoms with van der Waals surface area (Å²) in [6, 6.07) is 2.53. The van der Waals surface area contributed by atoms with Crippen molar-refractivity contribution >= 4 is 5.69 Å². The summed E-state index contributed by atoms with van der Waals surface area (Å²) in [4.78, 5) is 9.01. The van der Waals surface area contributed by atoms with Crippen LogP contribution in [0.1, 0.15) is 30.2 Å². The number of aliphatic hydroxyl groups excluding tert-OH is 1. The number of aromatic nitrogens is 2. The van der Waals surface area contributed by atoms with E-state index in [1.165, 1.54) is 7.11 Å². The van der Waals surface area contributed by atoms with Crippen LogP contribution in [-0.4, -0.2) is 35.3 Å². The molecule has 1 N–H and O–H groups in total. The third kappa shape index (κ3) is 4.13. The van der Waals surface area contributed by atoms with E-state index in [1.54, 1.807) is 23.4 Å². The zero-order valence-electron chi connectivity index (χ0n) is 14.6. The molecule has 0 aromatic carbocycles. The molecular formula is C18H19F4N3O2. The van der Waals surface area contributed by atoms with Crippen LogP contribution >= 0.6 is 0 Å². The van der Waals surface area contributed by atoms with E-state index >= 15 is 0 Å². The summed E-state index contributed by atoms with van der Waals surface area (Å²) in [6.07, 6.45) is -0.244. The third-order valence-corrected chi connectivity index (χ3v) is 4.80. The van der Waals surface area contributed by atoms with Gasteiger partial charge in [-0.25, -0.2) is 9.37 Å². The molecule has 27 heavy (non-hydrogen) atoms. The van der Waals surface area contributed by atoms with Gasteiger partial charge in [-0.3, -0.25) is 4.98 Å². The van der Waals surface area contributed by atoms with E-state index in [4.69, 9.17) is 4.74 Å². The molecule has 146 valence electrons. The lowest BCUT2D eigenvalue weighted by atomic mass is 9.87. The molecule has 1 fully saturated rings. The molecule has 1 atom stereocenters. The lowest BCUT2D eigenvalue weighted by Crippen LogP contribution is -2.36. The fraction of sp³-hybridized carbons (Fsp3) is 0.444. The van der Waals surface area contributed by atoms with Gasteiger partial charge in [0, 0.05) is 37.1 Å². The highest BCUT2D eigenvalue weighted by atomic mass is 19.4. The minimum Gasteiger partial charge on any atom is -0.496 e. The summed E-state index contributed by atoms with van der Waals surface area (Å²) in [5.74, 6) is -0.900. The Kier molecular flexibility index (Phi) is 5.50. The summed E-state index contributed by atoms with van der Waals surface area (Å²) in [5, 5.41) is 10.6. The normalized spacial score (nSPS) is 17.0. The van der Waals surface area contributed by atoms with Gasteiger partial charge in [0.25, 0.3) is 0 Å². The van der Waals surface area contributed by atoms with Gasteiger partial charge in [-0.15, -0.1) is 0 Å². The summed E-state index contributed by atoms with van der Waals surface area (Å²) >= 11 is 0. The SMILES string of the molecule is COc1ccncc1C(O)C1CCN(c2cnc(C(F)(F)F)c(F)c2)CC1. The van der Waals surface area contributed by atoms with Crippen molar-refractivity contribution in [1.82, 2.24) is 9.97 Å². The molecule has 5 nitrogen and oxygen atoms in total. The Morgan fingerprint density at radius 2 is 1.96 bits per heavy atom. The van der Waals surface area contributed by atoms with Crippen LogP contribution in [0, 0.1) is 11.7 Å². The van der Waals surface area contributed by atoms with E-state index in [0.717, 1.165) is 12.3 Å². The predicted octanol–water partition coefficient (Wildman–Crippen LogP) is 3.59. The van der Waals surface area contributed by atoms with Crippen molar-refractivity contribution < 1.29 is 27.4 Å². The van der Waals surface area contributed by atoms with Crippen molar-refractivity contribution in [2.24, 2.45) is 5.92 Å². The second kappa shape index (κ2) is 7.67. The zero-order chi connectivity index (χ0) is 19.6. The van der Waals surface area contributed by atoms with Gasteiger partial charge in [-0.2, -0.15) is 13.2 Å². The number of hydrogen-bond acceptors (Lipinski definition) is 5. The summed E-state index contributed by atoms with van der Waals surface area (Å²) in [6.45, 7) is 0.938. The van der Waals surface area contributed by atoms with Gasteiger partial charge in [0.15, 0.2) is 11.5 Å². The Hall–Kier alpha value is -2.42. The second-order valence-corrected chi connectivity index (χ2v) is 6.41. The molecule has 0 saturated carbocycles. The first-order valence-electron chi connectivity index (χ1n) is 8.45. The van der Waals surface area contributed by atoms with Crippen molar-refractivity contribution in [3.8, 4) is 5.75 Å². The summed E-state index contributed by atoms with van der Waals surface area (Å²) in [7, 11) is 1.51. The number of nitrogens with zero attached hydrogens (tertiary/aromatic N) is 3. The molecule has 0 bridgehead atoms. The maximum Gasteiger partial charge on any atom is 0.436 e. The summed E-state index contributed by atoms with van der Waals surface area (Å²) in [5.41, 5.74) is -0.617. The smallest absolute Gasteiger partial charge is 0.436 e. The van der Waals surface area contributed by atoms with Gasteiger partial charge < -0.3 is 14.7 Å². The molecule has 3 heterocycles. The lowest BCUT2D eigenvalue weighted by Gasteiger charge is -2.35. The van der Waals surface area contributed by atoms with E-state index in [-0.39, 0.29) is 5.92 Å². The highest BCUT2D eigenvalue weighted by Gasteiger charge is 2.36. The molecule has 3 rings (SSSR count). The highest BCUT2D eigenvalue weighted by molar-refractivity contribution is 5.46. The standard InChI is InChI=1S/C18H19F4N3O2/c1-27-15-2-5-23-10-13(15)16(26)11-3-6-25(7-4-11)12-8-14(19)17(24-9-12)18(20,21)22/h2,5,8-11,16,26H,3-4,6-7H2,1H3. The Bertz CT molecular complexity index is 792. The molecule has 1 aliphatic heterocycles. The number of anilines is 1. The first-order valence-corrected chi connectivity index (χ1v) is 8.45. The molecular weight excluding hydrogens is 366 g/mol. The van der Waals surface area contributed by atoms with Gasteiger partial charge in [0.05, 0.1) is 25.1 Å². The van der Waals surface area contributed by atoms with Crippen molar-refractivity contribution in [3.63, 3.8) is 0 Å². The van der Waals surface area contributed by atoms with E-state index in [1.807, 2.05) is 0 Å². The topological polar surface area (TPSA) is 58.5 Å². The third-order valence-electron chi connectivity index (χ3n) is 4.80. The van der Waals surface area contributed by atoms with Crippen LogP contribution in [0.4, 0.5) is 23.2 Å². The van der Waals surface area contributed by atoms with Crippen molar-refractivity contribution in [2.75, 3.05) is 25.1 Å². The molecule has 1 unspecified atom stereocenters. The maximum absolute atomic E-state index is 13.7. The minimum absolute atomic E-state index is 0.0633. The van der Waals surface area contributed by atoms with Crippen LogP contribution in [-0.2, 0) is 6.18 Å². The Morgan fingerprint density at radius 1 is 1.26 bits per heavy atom. The number of ether oxygens (including phenoxy) is 1. The van der Waals surface area contributed by atoms with Gasteiger partial charge in [-0.1, -0.05) is 0 Å². The molecule has 2 aromatic heterocycles. The maximum atomic E-state index is 13.7.